The van der Waals surface area contributed by atoms with Crippen molar-refractivity contribution in [2.75, 3.05) is 0 Å². The molecule has 0 aromatic carbocycles. The van der Waals surface area contributed by atoms with Crippen molar-refractivity contribution in [1.29, 1.82) is 0 Å². The van der Waals surface area contributed by atoms with E-state index < -0.39 is 0 Å². The molecule has 0 spiro atoms. The van der Waals surface area contributed by atoms with Gasteiger partial charge in [-0.05, 0) is 56.8 Å². The fourth-order valence-electron chi connectivity index (χ4n) is 3.96. The van der Waals surface area contributed by atoms with Crippen LogP contribution in [-0.4, -0.2) is 0 Å². The molecule has 0 atom stereocenters. The number of rotatable bonds is 4. The molecule has 102 valence electrons. The maximum Gasteiger partial charge on any atom is -0.0319 e. The zero-order valence-corrected chi connectivity index (χ0v) is 12.1. The second kappa shape index (κ2) is 7.81. The maximum absolute atomic E-state index is 2.37. The molecule has 0 unspecified atom stereocenters. The monoisotopic (exact) mass is 246 g/mol. The van der Waals surface area contributed by atoms with E-state index >= 15 is 0 Å². The summed E-state index contributed by atoms with van der Waals surface area (Å²) in [5.41, 5.74) is 0. The van der Waals surface area contributed by atoms with Gasteiger partial charge in [-0.25, -0.2) is 0 Å². The van der Waals surface area contributed by atoms with Gasteiger partial charge in [0.15, 0.2) is 0 Å². The van der Waals surface area contributed by atoms with E-state index in [1.165, 1.54) is 64.2 Å². The van der Waals surface area contributed by atoms with Crippen molar-refractivity contribution in [1.82, 2.24) is 0 Å². The van der Waals surface area contributed by atoms with E-state index in [-0.39, 0.29) is 0 Å². The van der Waals surface area contributed by atoms with Crippen molar-refractivity contribution in [3.63, 3.8) is 0 Å². The Morgan fingerprint density at radius 3 is 2.11 bits per heavy atom. The number of hydrogen-bond acceptors (Lipinski definition) is 0. The molecule has 2 rings (SSSR count). The largest absolute Gasteiger partial charge is 0.0877 e. The van der Waals surface area contributed by atoms with Gasteiger partial charge in [-0.3, -0.25) is 0 Å². The summed E-state index contributed by atoms with van der Waals surface area (Å²) in [6, 6.07) is 0. The summed E-state index contributed by atoms with van der Waals surface area (Å²) < 4.78 is 0. The summed E-state index contributed by atoms with van der Waals surface area (Å²) in [5.74, 6) is 3.16. The van der Waals surface area contributed by atoms with Crippen LogP contribution in [0.4, 0.5) is 0 Å². The molecule has 0 saturated heterocycles. The fraction of sp³-hybridized carbons (Fsp3) is 0.778. The molecule has 0 N–H and O–H groups in total. The average molecular weight is 246 g/mol. The van der Waals surface area contributed by atoms with Crippen LogP contribution in [0.15, 0.2) is 24.3 Å². The summed E-state index contributed by atoms with van der Waals surface area (Å²) >= 11 is 0. The molecule has 0 nitrogen and oxygen atoms in total. The van der Waals surface area contributed by atoms with Gasteiger partial charge in [0.2, 0.25) is 0 Å². The first kappa shape index (κ1) is 13.9. The molecule has 2 aliphatic carbocycles. The molecule has 18 heavy (non-hydrogen) atoms. The van der Waals surface area contributed by atoms with E-state index in [1.54, 1.807) is 0 Å². The Morgan fingerprint density at radius 2 is 1.44 bits per heavy atom. The molecular weight excluding hydrogens is 216 g/mol. The highest BCUT2D eigenvalue weighted by molar-refractivity contribution is 5.01. The van der Waals surface area contributed by atoms with E-state index in [9.17, 15) is 0 Å². The minimum Gasteiger partial charge on any atom is -0.0877 e. The average Bonchev–Trinajstić information content (AvgIpc) is 2.45. The molecule has 0 aliphatic heterocycles. The SMILES string of the molecule is C/C=C\C=C/CC1CCC(C2CCCCC2)CC1. The van der Waals surface area contributed by atoms with Gasteiger partial charge in [0.25, 0.3) is 0 Å². The summed E-state index contributed by atoms with van der Waals surface area (Å²) in [5, 5.41) is 0. The predicted molar refractivity (Wildman–Crippen MR) is 80.6 cm³/mol. The van der Waals surface area contributed by atoms with E-state index in [0.717, 1.165) is 17.8 Å². The Bertz CT molecular complexity index is 260. The first-order valence-corrected chi connectivity index (χ1v) is 8.18. The van der Waals surface area contributed by atoms with Crippen LogP contribution in [0.3, 0.4) is 0 Å². The first-order chi connectivity index (χ1) is 8.90. The number of allylic oxidation sites excluding steroid dienone is 4. The third-order valence-corrected chi connectivity index (χ3v) is 5.12. The van der Waals surface area contributed by atoms with E-state index in [1.807, 2.05) is 0 Å². The molecule has 0 aromatic heterocycles. The smallest absolute Gasteiger partial charge is 0.0319 e. The Balaban J connectivity index is 1.67. The highest BCUT2D eigenvalue weighted by Gasteiger charge is 2.27. The van der Waals surface area contributed by atoms with Crippen LogP contribution >= 0.6 is 0 Å². The van der Waals surface area contributed by atoms with Gasteiger partial charge >= 0.3 is 0 Å². The van der Waals surface area contributed by atoms with Crippen molar-refractivity contribution in [3.05, 3.63) is 24.3 Å². The molecule has 2 aliphatic rings. The molecule has 0 bridgehead atoms. The molecule has 0 heterocycles. The zero-order valence-electron chi connectivity index (χ0n) is 12.1. The molecule has 2 fully saturated rings. The molecule has 2 saturated carbocycles. The van der Waals surface area contributed by atoms with Crippen LogP contribution in [0, 0.1) is 17.8 Å². The zero-order chi connectivity index (χ0) is 12.6. The van der Waals surface area contributed by atoms with Crippen molar-refractivity contribution < 1.29 is 0 Å². The summed E-state index contributed by atoms with van der Waals surface area (Å²) in [6.07, 6.45) is 23.8. The fourth-order valence-corrected chi connectivity index (χ4v) is 3.96. The van der Waals surface area contributed by atoms with Gasteiger partial charge < -0.3 is 0 Å². The van der Waals surface area contributed by atoms with Gasteiger partial charge in [-0.1, -0.05) is 56.4 Å². The van der Waals surface area contributed by atoms with Gasteiger partial charge in [0.05, 0.1) is 0 Å². The Morgan fingerprint density at radius 1 is 0.778 bits per heavy atom. The van der Waals surface area contributed by atoms with Crippen LogP contribution < -0.4 is 0 Å². The Labute approximate surface area is 114 Å². The van der Waals surface area contributed by atoms with Gasteiger partial charge in [-0.15, -0.1) is 0 Å². The second-order valence-corrected chi connectivity index (χ2v) is 6.37. The molecule has 0 aromatic rings. The molecule has 0 radical (unpaired) electrons. The van der Waals surface area contributed by atoms with Crippen molar-refractivity contribution in [2.45, 2.75) is 71.1 Å². The quantitative estimate of drug-likeness (QED) is 0.542. The van der Waals surface area contributed by atoms with Gasteiger partial charge in [-0.2, -0.15) is 0 Å². The van der Waals surface area contributed by atoms with Crippen LogP contribution in [0.5, 0.6) is 0 Å². The van der Waals surface area contributed by atoms with Crippen molar-refractivity contribution in [2.24, 2.45) is 17.8 Å². The van der Waals surface area contributed by atoms with E-state index in [2.05, 4.69) is 31.2 Å². The lowest BCUT2D eigenvalue weighted by Crippen LogP contribution is -2.23. The Hall–Kier alpha value is -0.520. The minimum atomic E-state index is 0.978. The maximum atomic E-state index is 2.37. The second-order valence-electron chi connectivity index (χ2n) is 6.37. The lowest BCUT2D eigenvalue weighted by molar-refractivity contribution is 0.168. The van der Waals surface area contributed by atoms with Crippen molar-refractivity contribution >= 4 is 0 Å². The lowest BCUT2D eigenvalue weighted by Gasteiger charge is -2.35. The van der Waals surface area contributed by atoms with Crippen LogP contribution in [0.2, 0.25) is 0 Å². The van der Waals surface area contributed by atoms with Crippen molar-refractivity contribution in [3.8, 4) is 0 Å². The standard InChI is InChI=1S/C18H30/c1-2-3-4-6-9-16-12-14-18(15-13-16)17-10-7-5-8-11-17/h2-4,6,16-18H,5,7-15H2,1H3/b3-2-,6-4-. The molecule has 0 heteroatoms. The lowest BCUT2D eigenvalue weighted by atomic mass is 9.70. The topological polar surface area (TPSA) is 0 Å². The summed E-state index contributed by atoms with van der Waals surface area (Å²) in [6.45, 7) is 2.08. The van der Waals surface area contributed by atoms with E-state index in [4.69, 9.17) is 0 Å². The Kier molecular flexibility index (Phi) is 6.04. The van der Waals surface area contributed by atoms with Crippen LogP contribution in [-0.2, 0) is 0 Å². The third kappa shape index (κ3) is 4.30. The van der Waals surface area contributed by atoms with Gasteiger partial charge in [0.1, 0.15) is 0 Å². The highest BCUT2D eigenvalue weighted by Crippen LogP contribution is 2.40. The predicted octanol–water partition coefficient (Wildman–Crippen LogP) is 5.90. The van der Waals surface area contributed by atoms with Gasteiger partial charge in [0, 0.05) is 0 Å². The summed E-state index contributed by atoms with van der Waals surface area (Å²) in [4.78, 5) is 0. The number of hydrogen-bond donors (Lipinski definition) is 0. The van der Waals surface area contributed by atoms with Crippen LogP contribution in [0.1, 0.15) is 71.1 Å². The summed E-state index contributed by atoms with van der Waals surface area (Å²) in [7, 11) is 0. The van der Waals surface area contributed by atoms with Crippen LogP contribution in [0.25, 0.3) is 0 Å². The minimum absolute atomic E-state index is 0.978. The normalized spacial score (nSPS) is 31.4. The highest BCUT2D eigenvalue weighted by atomic mass is 14.3. The molecular formula is C18H30. The van der Waals surface area contributed by atoms with E-state index in [0.29, 0.717) is 0 Å². The first-order valence-electron chi connectivity index (χ1n) is 8.18. The third-order valence-electron chi connectivity index (χ3n) is 5.12. The molecule has 0 amide bonds.